The fraction of sp³-hybridized carbons (Fsp3) is 0.556. The minimum atomic E-state index is -4.31. The Bertz CT molecular complexity index is 271. The standard InChI is InChI=1S/C9H12F3NO2/c10-9(11,12)6-15-5-3-8(14)7-2-1-4-13-7/h1-2,4,8,13-14H,3,5-6H2. The molecule has 1 unspecified atom stereocenters. The van der Waals surface area contributed by atoms with Gasteiger partial charge in [0, 0.05) is 24.9 Å². The van der Waals surface area contributed by atoms with E-state index in [0.29, 0.717) is 5.69 Å². The number of hydrogen-bond donors (Lipinski definition) is 2. The number of aromatic nitrogens is 1. The van der Waals surface area contributed by atoms with Crippen molar-refractivity contribution in [2.24, 2.45) is 0 Å². The van der Waals surface area contributed by atoms with Crippen LogP contribution in [0.4, 0.5) is 13.2 Å². The van der Waals surface area contributed by atoms with Gasteiger partial charge in [0.25, 0.3) is 0 Å². The van der Waals surface area contributed by atoms with Crippen LogP contribution >= 0.6 is 0 Å². The highest BCUT2D eigenvalue weighted by atomic mass is 19.4. The SMILES string of the molecule is OC(CCOCC(F)(F)F)c1ccc[nH]1. The Balaban J connectivity index is 2.16. The van der Waals surface area contributed by atoms with Crippen molar-refractivity contribution in [3.8, 4) is 0 Å². The fourth-order valence-corrected chi connectivity index (χ4v) is 1.09. The van der Waals surface area contributed by atoms with Crippen molar-refractivity contribution in [2.75, 3.05) is 13.2 Å². The highest BCUT2D eigenvalue weighted by Gasteiger charge is 2.27. The molecule has 86 valence electrons. The molecule has 1 aromatic heterocycles. The zero-order chi connectivity index (χ0) is 11.3. The highest BCUT2D eigenvalue weighted by Crippen LogP contribution is 2.17. The van der Waals surface area contributed by atoms with Gasteiger partial charge in [-0.05, 0) is 12.1 Å². The predicted octanol–water partition coefficient (Wildman–Crippen LogP) is 2.02. The van der Waals surface area contributed by atoms with Gasteiger partial charge in [0.1, 0.15) is 6.61 Å². The van der Waals surface area contributed by atoms with E-state index in [1.165, 1.54) is 0 Å². The summed E-state index contributed by atoms with van der Waals surface area (Å²) in [6.07, 6.45) is -3.35. The zero-order valence-corrected chi connectivity index (χ0v) is 7.92. The number of aliphatic hydroxyl groups is 1. The van der Waals surface area contributed by atoms with E-state index in [1.807, 2.05) is 0 Å². The van der Waals surface area contributed by atoms with Gasteiger partial charge >= 0.3 is 6.18 Å². The Labute approximate surface area is 84.9 Å². The maximum Gasteiger partial charge on any atom is 0.411 e. The van der Waals surface area contributed by atoms with Crippen molar-refractivity contribution in [2.45, 2.75) is 18.7 Å². The smallest absolute Gasteiger partial charge is 0.387 e. The number of H-pyrrole nitrogens is 1. The first-order valence-corrected chi connectivity index (χ1v) is 4.45. The number of aromatic amines is 1. The van der Waals surface area contributed by atoms with Crippen LogP contribution < -0.4 is 0 Å². The minimum Gasteiger partial charge on any atom is -0.387 e. The lowest BCUT2D eigenvalue weighted by molar-refractivity contribution is -0.175. The first-order valence-electron chi connectivity index (χ1n) is 4.45. The van der Waals surface area contributed by atoms with E-state index in [-0.39, 0.29) is 13.0 Å². The first kappa shape index (κ1) is 12.1. The van der Waals surface area contributed by atoms with Gasteiger partial charge in [0.05, 0.1) is 6.10 Å². The number of alkyl halides is 3. The number of nitrogens with one attached hydrogen (secondary N) is 1. The average Bonchev–Trinajstić information content (AvgIpc) is 2.63. The Morgan fingerprint density at radius 3 is 2.73 bits per heavy atom. The first-order chi connectivity index (χ1) is 6.99. The summed E-state index contributed by atoms with van der Waals surface area (Å²) in [4.78, 5) is 2.77. The Morgan fingerprint density at radius 2 is 2.20 bits per heavy atom. The number of halogens is 3. The molecular weight excluding hydrogens is 211 g/mol. The molecule has 0 radical (unpaired) electrons. The monoisotopic (exact) mass is 223 g/mol. The lowest BCUT2D eigenvalue weighted by Gasteiger charge is -2.10. The van der Waals surface area contributed by atoms with Gasteiger partial charge in [-0.1, -0.05) is 0 Å². The van der Waals surface area contributed by atoms with Crippen LogP contribution in [0.5, 0.6) is 0 Å². The molecule has 1 rings (SSSR count). The van der Waals surface area contributed by atoms with Gasteiger partial charge in [-0.2, -0.15) is 13.2 Å². The van der Waals surface area contributed by atoms with Crippen molar-refractivity contribution in [1.29, 1.82) is 0 Å². The number of rotatable bonds is 5. The summed E-state index contributed by atoms with van der Waals surface area (Å²) in [5.41, 5.74) is 0.575. The molecule has 2 N–H and O–H groups in total. The molecular formula is C9H12F3NO2. The summed E-state index contributed by atoms with van der Waals surface area (Å²) in [6.45, 7) is -1.40. The third kappa shape index (κ3) is 4.85. The molecule has 15 heavy (non-hydrogen) atoms. The second kappa shape index (κ2) is 5.18. The molecule has 0 saturated heterocycles. The molecule has 0 aliphatic carbocycles. The quantitative estimate of drug-likeness (QED) is 0.750. The Hall–Kier alpha value is -1.01. The zero-order valence-electron chi connectivity index (χ0n) is 7.92. The average molecular weight is 223 g/mol. The van der Waals surface area contributed by atoms with Gasteiger partial charge in [0.15, 0.2) is 0 Å². The largest absolute Gasteiger partial charge is 0.411 e. The van der Waals surface area contributed by atoms with Crippen LogP contribution in [-0.4, -0.2) is 29.5 Å². The van der Waals surface area contributed by atoms with Crippen LogP contribution in [0.15, 0.2) is 18.3 Å². The fourth-order valence-electron chi connectivity index (χ4n) is 1.09. The van der Waals surface area contributed by atoms with Crippen LogP contribution in [-0.2, 0) is 4.74 Å². The van der Waals surface area contributed by atoms with E-state index in [4.69, 9.17) is 0 Å². The van der Waals surface area contributed by atoms with E-state index >= 15 is 0 Å². The highest BCUT2D eigenvalue weighted by molar-refractivity contribution is 5.06. The second-order valence-corrected chi connectivity index (χ2v) is 3.10. The van der Waals surface area contributed by atoms with Crippen LogP contribution in [0.3, 0.4) is 0 Å². The van der Waals surface area contributed by atoms with Gasteiger partial charge in [0.2, 0.25) is 0 Å². The summed E-state index contributed by atoms with van der Waals surface area (Å²) in [5, 5.41) is 9.45. The maximum atomic E-state index is 11.7. The van der Waals surface area contributed by atoms with Crippen LogP contribution in [0.25, 0.3) is 0 Å². The van der Waals surface area contributed by atoms with Crippen LogP contribution in [0, 0.1) is 0 Å². The van der Waals surface area contributed by atoms with E-state index < -0.39 is 18.9 Å². The molecule has 0 aromatic carbocycles. The molecule has 0 bridgehead atoms. The Morgan fingerprint density at radius 1 is 1.47 bits per heavy atom. The van der Waals surface area contributed by atoms with Gasteiger partial charge < -0.3 is 14.8 Å². The van der Waals surface area contributed by atoms with E-state index in [1.54, 1.807) is 18.3 Å². The summed E-state index contributed by atoms with van der Waals surface area (Å²) >= 11 is 0. The molecule has 0 fully saturated rings. The topological polar surface area (TPSA) is 45.2 Å². The number of hydrogen-bond acceptors (Lipinski definition) is 2. The third-order valence-electron chi connectivity index (χ3n) is 1.78. The summed E-state index contributed by atoms with van der Waals surface area (Å²) in [7, 11) is 0. The minimum absolute atomic E-state index is 0.125. The Kier molecular flexibility index (Phi) is 4.16. The van der Waals surface area contributed by atoms with Crippen molar-refractivity contribution < 1.29 is 23.0 Å². The molecule has 0 aliphatic rings. The van der Waals surface area contributed by atoms with Crippen molar-refractivity contribution >= 4 is 0 Å². The van der Waals surface area contributed by atoms with Crippen LogP contribution in [0.1, 0.15) is 18.2 Å². The molecule has 6 heteroatoms. The normalized spacial score (nSPS) is 14.1. The van der Waals surface area contributed by atoms with Gasteiger partial charge in [-0.25, -0.2) is 0 Å². The lowest BCUT2D eigenvalue weighted by Crippen LogP contribution is -2.18. The van der Waals surface area contributed by atoms with E-state index in [9.17, 15) is 18.3 Å². The molecule has 0 amide bonds. The predicted molar refractivity (Wildman–Crippen MR) is 47.2 cm³/mol. The van der Waals surface area contributed by atoms with Crippen molar-refractivity contribution in [3.05, 3.63) is 24.0 Å². The van der Waals surface area contributed by atoms with Gasteiger partial charge in [-0.3, -0.25) is 0 Å². The summed E-state index contributed by atoms with van der Waals surface area (Å²) < 4.78 is 39.3. The van der Waals surface area contributed by atoms with Crippen molar-refractivity contribution in [3.63, 3.8) is 0 Å². The number of ether oxygens (including phenoxy) is 1. The van der Waals surface area contributed by atoms with Crippen LogP contribution in [0.2, 0.25) is 0 Å². The molecule has 0 aliphatic heterocycles. The number of aliphatic hydroxyl groups excluding tert-OH is 1. The lowest BCUT2D eigenvalue weighted by atomic mass is 10.2. The van der Waals surface area contributed by atoms with E-state index in [0.717, 1.165) is 0 Å². The van der Waals surface area contributed by atoms with Crippen molar-refractivity contribution in [1.82, 2.24) is 4.98 Å². The molecule has 3 nitrogen and oxygen atoms in total. The maximum absolute atomic E-state index is 11.7. The summed E-state index contributed by atoms with van der Waals surface area (Å²) in [6, 6.07) is 3.36. The second-order valence-electron chi connectivity index (χ2n) is 3.10. The van der Waals surface area contributed by atoms with Gasteiger partial charge in [-0.15, -0.1) is 0 Å². The molecule has 1 atom stereocenters. The van der Waals surface area contributed by atoms with E-state index in [2.05, 4.69) is 9.72 Å². The molecule has 0 saturated carbocycles. The summed E-state index contributed by atoms with van der Waals surface area (Å²) in [5.74, 6) is 0. The third-order valence-corrected chi connectivity index (χ3v) is 1.78. The molecule has 1 aromatic rings. The molecule has 0 spiro atoms. The molecule has 1 heterocycles.